The molecule has 0 unspecified atom stereocenters. The van der Waals surface area contributed by atoms with Gasteiger partial charge in [0.1, 0.15) is 0 Å². The van der Waals surface area contributed by atoms with Crippen molar-refractivity contribution in [1.82, 2.24) is 0 Å². The second kappa shape index (κ2) is 8.42. The number of rotatable bonds is 6. The zero-order valence-electron chi connectivity index (χ0n) is 12.6. The molecule has 0 aliphatic carbocycles. The summed E-state index contributed by atoms with van der Waals surface area (Å²) in [6.07, 6.45) is 1.20. The van der Waals surface area contributed by atoms with E-state index in [4.69, 9.17) is 37.9 Å². The number of nitrogens with zero attached hydrogens (tertiary/aromatic N) is 1. The molecular formula is C16H14Cl2N2O4. The third kappa shape index (κ3) is 4.53. The predicted octanol–water partition coefficient (Wildman–Crippen LogP) is 3.83. The minimum Gasteiger partial charge on any atom is -0.493 e. The summed E-state index contributed by atoms with van der Waals surface area (Å²) in [7, 11) is 1.43. The van der Waals surface area contributed by atoms with Gasteiger partial charge in [0, 0.05) is 5.56 Å². The zero-order valence-corrected chi connectivity index (χ0v) is 14.1. The van der Waals surface area contributed by atoms with Gasteiger partial charge in [-0.3, -0.25) is 4.79 Å². The summed E-state index contributed by atoms with van der Waals surface area (Å²) >= 11 is 12.1. The van der Waals surface area contributed by atoms with E-state index < -0.39 is 5.91 Å². The van der Waals surface area contributed by atoms with Crippen molar-refractivity contribution in [3.05, 3.63) is 52.0 Å². The Labute approximate surface area is 148 Å². The van der Waals surface area contributed by atoms with Gasteiger partial charge in [0.2, 0.25) is 0 Å². The molecule has 1 amide bonds. The number of halogens is 2. The normalized spacial score (nSPS) is 10.6. The van der Waals surface area contributed by atoms with Crippen LogP contribution in [0.25, 0.3) is 0 Å². The highest BCUT2D eigenvalue weighted by Gasteiger charge is 2.14. The van der Waals surface area contributed by atoms with Crippen molar-refractivity contribution >= 4 is 41.0 Å². The van der Waals surface area contributed by atoms with Gasteiger partial charge < -0.3 is 20.0 Å². The minimum absolute atomic E-state index is 0.212. The molecule has 0 spiro atoms. The maximum absolute atomic E-state index is 12.0. The lowest BCUT2D eigenvalue weighted by molar-refractivity contribution is -0.118. The van der Waals surface area contributed by atoms with Crippen molar-refractivity contribution < 1.29 is 19.5 Å². The topological polar surface area (TPSA) is 80.2 Å². The largest absolute Gasteiger partial charge is 0.493 e. The van der Waals surface area contributed by atoms with E-state index in [1.54, 1.807) is 30.3 Å². The number of carbonyl (C=O) groups is 1. The highest BCUT2D eigenvalue weighted by molar-refractivity contribution is 6.33. The van der Waals surface area contributed by atoms with Crippen molar-refractivity contribution in [2.75, 3.05) is 19.0 Å². The molecule has 0 bridgehead atoms. The SMILES string of the molecule is COc1cc(/C=N/O)cc(Cl)c1OCC(=O)Nc1ccccc1Cl. The molecule has 0 saturated heterocycles. The van der Waals surface area contributed by atoms with Crippen LogP contribution in [0.1, 0.15) is 5.56 Å². The van der Waals surface area contributed by atoms with Crippen LogP contribution < -0.4 is 14.8 Å². The van der Waals surface area contributed by atoms with Gasteiger partial charge in [-0.1, -0.05) is 40.5 Å². The second-order valence-electron chi connectivity index (χ2n) is 4.60. The van der Waals surface area contributed by atoms with Gasteiger partial charge in [-0.25, -0.2) is 0 Å². The summed E-state index contributed by atoms with van der Waals surface area (Å²) in [6, 6.07) is 9.94. The number of carbonyl (C=O) groups excluding carboxylic acids is 1. The molecule has 0 aliphatic heterocycles. The molecule has 0 radical (unpaired) electrons. The molecule has 0 heterocycles. The van der Waals surface area contributed by atoms with Crippen LogP contribution in [0.4, 0.5) is 5.69 Å². The Kier molecular flexibility index (Phi) is 6.28. The Morgan fingerprint density at radius 3 is 2.71 bits per heavy atom. The summed E-state index contributed by atoms with van der Waals surface area (Å²) in [5.41, 5.74) is 1.01. The molecule has 0 aromatic heterocycles. The summed E-state index contributed by atoms with van der Waals surface area (Å²) in [5.74, 6) is 0.119. The van der Waals surface area contributed by atoms with Gasteiger partial charge >= 0.3 is 0 Å². The van der Waals surface area contributed by atoms with Gasteiger partial charge in [-0.2, -0.15) is 0 Å². The van der Waals surface area contributed by atoms with Crippen LogP contribution >= 0.6 is 23.2 Å². The van der Waals surface area contributed by atoms with Gasteiger partial charge in [0.15, 0.2) is 18.1 Å². The number of oxime groups is 1. The first-order valence-corrected chi connectivity index (χ1v) is 7.53. The summed E-state index contributed by atoms with van der Waals surface area (Å²) in [5, 5.41) is 14.8. The lowest BCUT2D eigenvalue weighted by Gasteiger charge is -2.13. The maximum atomic E-state index is 12.0. The van der Waals surface area contributed by atoms with E-state index >= 15 is 0 Å². The third-order valence-corrected chi connectivity index (χ3v) is 3.56. The molecule has 24 heavy (non-hydrogen) atoms. The van der Waals surface area contributed by atoms with Crippen LogP contribution in [0.3, 0.4) is 0 Å². The van der Waals surface area contributed by atoms with Crippen LogP contribution in [0, 0.1) is 0 Å². The molecule has 2 aromatic rings. The molecule has 2 aromatic carbocycles. The van der Waals surface area contributed by atoms with Crippen molar-refractivity contribution in [2.24, 2.45) is 5.16 Å². The van der Waals surface area contributed by atoms with E-state index in [0.29, 0.717) is 22.0 Å². The fourth-order valence-corrected chi connectivity index (χ4v) is 2.36. The number of ether oxygens (including phenoxy) is 2. The van der Waals surface area contributed by atoms with Crippen LogP contribution in [0.2, 0.25) is 10.0 Å². The average molecular weight is 369 g/mol. The van der Waals surface area contributed by atoms with Crippen molar-refractivity contribution in [3.63, 3.8) is 0 Å². The van der Waals surface area contributed by atoms with E-state index in [2.05, 4.69) is 10.5 Å². The number of amides is 1. The molecule has 6 nitrogen and oxygen atoms in total. The number of hydrogen-bond donors (Lipinski definition) is 2. The molecule has 0 atom stereocenters. The first kappa shape index (κ1) is 17.9. The third-order valence-electron chi connectivity index (χ3n) is 2.95. The first-order chi connectivity index (χ1) is 11.5. The van der Waals surface area contributed by atoms with Crippen molar-refractivity contribution in [2.45, 2.75) is 0 Å². The van der Waals surface area contributed by atoms with E-state index in [9.17, 15) is 4.79 Å². The number of nitrogens with one attached hydrogen (secondary N) is 1. The van der Waals surface area contributed by atoms with Gasteiger partial charge in [-0.05, 0) is 24.3 Å². The number of anilines is 1. The molecule has 2 N–H and O–H groups in total. The lowest BCUT2D eigenvalue weighted by atomic mass is 10.2. The van der Waals surface area contributed by atoms with Gasteiger partial charge in [0.25, 0.3) is 5.91 Å². The molecule has 0 saturated carbocycles. The lowest BCUT2D eigenvalue weighted by Crippen LogP contribution is -2.20. The Bertz CT molecular complexity index is 766. The maximum Gasteiger partial charge on any atom is 0.262 e. The highest BCUT2D eigenvalue weighted by atomic mass is 35.5. The average Bonchev–Trinajstić information content (AvgIpc) is 2.56. The Morgan fingerprint density at radius 1 is 1.29 bits per heavy atom. The smallest absolute Gasteiger partial charge is 0.262 e. The molecule has 0 aliphatic rings. The highest BCUT2D eigenvalue weighted by Crippen LogP contribution is 2.36. The molecule has 126 valence electrons. The first-order valence-electron chi connectivity index (χ1n) is 6.77. The van der Waals surface area contributed by atoms with E-state index in [1.165, 1.54) is 19.4 Å². The van der Waals surface area contributed by atoms with E-state index in [1.807, 2.05) is 0 Å². The van der Waals surface area contributed by atoms with Crippen LogP contribution in [0.15, 0.2) is 41.6 Å². The number of benzene rings is 2. The quantitative estimate of drug-likeness (QED) is 0.461. The summed E-state index contributed by atoms with van der Waals surface area (Å²) in [6.45, 7) is -0.283. The Hall–Kier alpha value is -2.44. The molecule has 0 fully saturated rings. The number of hydrogen-bond acceptors (Lipinski definition) is 5. The minimum atomic E-state index is -0.401. The fourth-order valence-electron chi connectivity index (χ4n) is 1.91. The van der Waals surface area contributed by atoms with Crippen LogP contribution in [0.5, 0.6) is 11.5 Å². The molecular weight excluding hydrogens is 355 g/mol. The molecule has 2 rings (SSSR count). The van der Waals surface area contributed by atoms with E-state index in [-0.39, 0.29) is 17.4 Å². The van der Waals surface area contributed by atoms with Gasteiger partial charge in [0.05, 0.1) is 29.1 Å². The van der Waals surface area contributed by atoms with Crippen LogP contribution in [-0.4, -0.2) is 31.0 Å². The number of para-hydroxylation sites is 1. The predicted molar refractivity (Wildman–Crippen MR) is 93.0 cm³/mol. The number of methoxy groups -OCH3 is 1. The van der Waals surface area contributed by atoms with Gasteiger partial charge in [-0.15, -0.1) is 0 Å². The monoisotopic (exact) mass is 368 g/mol. The second-order valence-corrected chi connectivity index (χ2v) is 5.41. The fraction of sp³-hybridized carbons (Fsp3) is 0.125. The summed E-state index contributed by atoms with van der Waals surface area (Å²) in [4.78, 5) is 12.0. The van der Waals surface area contributed by atoms with Crippen molar-refractivity contribution in [1.29, 1.82) is 0 Å². The van der Waals surface area contributed by atoms with Crippen LogP contribution in [-0.2, 0) is 4.79 Å². The summed E-state index contributed by atoms with van der Waals surface area (Å²) < 4.78 is 10.6. The standard InChI is InChI=1S/C16H14Cl2N2O4/c1-23-14-7-10(8-19-22)6-12(18)16(14)24-9-15(21)20-13-5-3-2-4-11(13)17/h2-8,22H,9H2,1H3,(H,20,21)/b19-8+. The zero-order chi connectivity index (χ0) is 17.5. The Balaban J connectivity index is 2.08. The molecule has 8 heteroatoms. The van der Waals surface area contributed by atoms with E-state index in [0.717, 1.165) is 0 Å². The Morgan fingerprint density at radius 2 is 2.04 bits per heavy atom. The van der Waals surface area contributed by atoms with Crippen molar-refractivity contribution in [3.8, 4) is 11.5 Å².